The fourth-order valence-corrected chi connectivity index (χ4v) is 3.07. The summed E-state index contributed by atoms with van der Waals surface area (Å²) in [6.07, 6.45) is 1.60. The van der Waals surface area contributed by atoms with E-state index in [0.29, 0.717) is 22.5 Å². The molecule has 0 unspecified atom stereocenters. The summed E-state index contributed by atoms with van der Waals surface area (Å²) in [5.74, 6) is 0.334. The number of halogens is 1. The normalized spacial score (nSPS) is 14.5. The molecule has 1 aliphatic heterocycles. The lowest BCUT2D eigenvalue weighted by Crippen LogP contribution is -2.32. The third-order valence-electron chi connectivity index (χ3n) is 3.09. The molecule has 0 aliphatic carbocycles. The minimum Gasteiger partial charge on any atom is -0.329 e. The first-order valence-electron chi connectivity index (χ1n) is 6.52. The smallest absolute Gasteiger partial charge is 0.324 e. The van der Waals surface area contributed by atoms with Gasteiger partial charge < -0.3 is 5.32 Å². The Kier molecular flexibility index (Phi) is 4.30. The lowest BCUT2D eigenvalue weighted by Gasteiger charge is -2.11. The number of hydrogen-bond donors (Lipinski definition) is 1. The van der Waals surface area contributed by atoms with E-state index in [0.717, 1.165) is 5.69 Å². The molecule has 1 saturated heterocycles. The molecule has 0 bridgehead atoms. The van der Waals surface area contributed by atoms with Crippen LogP contribution in [0.3, 0.4) is 0 Å². The summed E-state index contributed by atoms with van der Waals surface area (Å²) < 4.78 is 1.81. The van der Waals surface area contributed by atoms with Crippen LogP contribution in [0.5, 0.6) is 0 Å². The van der Waals surface area contributed by atoms with Gasteiger partial charge in [-0.15, -0.1) is 10.2 Å². The predicted molar refractivity (Wildman–Crippen MR) is 82.2 cm³/mol. The molecular formula is C13H12ClN5O2S. The average molecular weight is 338 g/mol. The van der Waals surface area contributed by atoms with Crippen LogP contribution in [0, 0.1) is 0 Å². The van der Waals surface area contributed by atoms with E-state index in [1.54, 1.807) is 12.4 Å². The van der Waals surface area contributed by atoms with Crippen molar-refractivity contribution in [2.24, 2.45) is 0 Å². The van der Waals surface area contributed by atoms with Crippen molar-refractivity contribution in [2.45, 2.75) is 5.16 Å². The monoisotopic (exact) mass is 337 g/mol. The van der Waals surface area contributed by atoms with E-state index in [4.69, 9.17) is 11.6 Å². The van der Waals surface area contributed by atoms with E-state index in [2.05, 4.69) is 15.5 Å². The zero-order valence-electron chi connectivity index (χ0n) is 11.4. The van der Waals surface area contributed by atoms with Crippen molar-refractivity contribution < 1.29 is 9.59 Å². The molecule has 114 valence electrons. The third-order valence-corrected chi connectivity index (χ3v) is 4.24. The van der Waals surface area contributed by atoms with Gasteiger partial charge >= 0.3 is 6.03 Å². The molecule has 0 spiro atoms. The molecule has 0 radical (unpaired) electrons. The number of imide groups is 1. The standard InChI is InChI=1S/C13H12ClN5O2S/c14-9-2-1-3-10(6-9)19-8-16-17-13(19)22-5-4-18-11(20)7-15-12(18)21/h1-3,6,8H,4-5,7H2,(H,15,21). The fraction of sp³-hybridized carbons (Fsp3) is 0.231. The van der Waals surface area contributed by atoms with Crippen LogP contribution < -0.4 is 5.32 Å². The van der Waals surface area contributed by atoms with Crippen molar-refractivity contribution in [3.8, 4) is 5.69 Å². The number of urea groups is 1. The molecule has 1 N–H and O–H groups in total. The number of benzene rings is 1. The van der Waals surface area contributed by atoms with E-state index in [1.807, 2.05) is 22.8 Å². The lowest BCUT2D eigenvalue weighted by atomic mass is 10.3. The molecule has 1 aliphatic rings. The van der Waals surface area contributed by atoms with Gasteiger partial charge in [0.15, 0.2) is 5.16 Å². The summed E-state index contributed by atoms with van der Waals surface area (Å²) in [5, 5.41) is 11.7. The van der Waals surface area contributed by atoms with E-state index < -0.39 is 0 Å². The predicted octanol–water partition coefficient (Wildman–Crippen LogP) is 1.56. The molecule has 2 aromatic rings. The van der Waals surface area contributed by atoms with Crippen LogP contribution in [0.1, 0.15) is 0 Å². The average Bonchev–Trinajstić information content (AvgIpc) is 3.08. The SMILES string of the molecule is O=C1CNC(=O)N1CCSc1nncn1-c1cccc(Cl)c1. The Hall–Kier alpha value is -2.06. The van der Waals surface area contributed by atoms with Gasteiger partial charge in [0.25, 0.3) is 0 Å². The van der Waals surface area contributed by atoms with E-state index in [-0.39, 0.29) is 18.5 Å². The molecule has 0 atom stereocenters. The van der Waals surface area contributed by atoms with Crippen molar-refractivity contribution in [3.63, 3.8) is 0 Å². The van der Waals surface area contributed by atoms with Crippen LogP contribution in [-0.2, 0) is 4.79 Å². The van der Waals surface area contributed by atoms with Gasteiger partial charge in [-0.25, -0.2) is 4.79 Å². The number of carbonyl (C=O) groups excluding carboxylic acids is 2. The fourth-order valence-electron chi connectivity index (χ4n) is 2.04. The Morgan fingerprint density at radius 2 is 2.23 bits per heavy atom. The maximum Gasteiger partial charge on any atom is 0.324 e. The first kappa shape index (κ1) is 14.9. The number of amides is 3. The minimum atomic E-state index is -0.345. The molecule has 1 fully saturated rings. The third kappa shape index (κ3) is 3.07. The number of aromatic nitrogens is 3. The number of nitrogens with zero attached hydrogens (tertiary/aromatic N) is 4. The van der Waals surface area contributed by atoms with Gasteiger partial charge in [-0.3, -0.25) is 14.3 Å². The molecule has 2 heterocycles. The van der Waals surface area contributed by atoms with E-state index in [9.17, 15) is 9.59 Å². The molecule has 1 aromatic carbocycles. The summed E-state index contributed by atoms with van der Waals surface area (Å²) in [5.41, 5.74) is 0.856. The van der Waals surface area contributed by atoms with Crippen molar-refractivity contribution in [2.75, 3.05) is 18.8 Å². The van der Waals surface area contributed by atoms with E-state index in [1.165, 1.54) is 16.7 Å². The van der Waals surface area contributed by atoms with E-state index >= 15 is 0 Å². The Labute approximate surface area is 135 Å². The highest BCUT2D eigenvalue weighted by atomic mass is 35.5. The van der Waals surface area contributed by atoms with Crippen molar-refractivity contribution in [1.82, 2.24) is 25.0 Å². The number of carbonyl (C=O) groups is 2. The van der Waals surface area contributed by atoms with Crippen LogP contribution in [0.4, 0.5) is 4.79 Å². The molecular weight excluding hydrogens is 326 g/mol. The molecule has 1 aromatic heterocycles. The summed E-state index contributed by atoms with van der Waals surface area (Å²) >= 11 is 7.40. The Balaban J connectivity index is 1.66. The van der Waals surface area contributed by atoms with Gasteiger partial charge in [0, 0.05) is 17.3 Å². The number of hydrogen-bond acceptors (Lipinski definition) is 5. The van der Waals surface area contributed by atoms with Crippen LogP contribution in [0.25, 0.3) is 5.69 Å². The quantitative estimate of drug-likeness (QED) is 0.661. The molecule has 7 nitrogen and oxygen atoms in total. The molecule has 3 rings (SSSR count). The van der Waals surface area contributed by atoms with Gasteiger partial charge in [-0.2, -0.15) is 0 Å². The molecule has 0 saturated carbocycles. The summed E-state index contributed by atoms with van der Waals surface area (Å²) in [4.78, 5) is 24.1. The number of rotatable bonds is 5. The Morgan fingerprint density at radius 1 is 1.36 bits per heavy atom. The summed E-state index contributed by atoms with van der Waals surface area (Å²) in [6.45, 7) is 0.403. The minimum absolute atomic E-state index is 0.0716. The van der Waals surface area contributed by atoms with Crippen LogP contribution in [-0.4, -0.2) is 50.4 Å². The molecule has 22 heavy (non-hydrogen) atoms. The summed E-state index contributed by atoms with van der Waals surface area (Å²) in [7, 11) is 0. The highest BCUT2D eigenvalue weighted by molar-refractivity contribution is 7.99. The second-order valence-corrected chi connectivity index (χ2v) is 6.01. The second kappa shape index (κ2) is 6.37. The van der Waals surface area contributed by atoms with Crippen molar-refractivity contribution in [1.29, 1.82) is 0 Å². The topological polar surface area (TPSA) is 80.1 Å². The Bertz CT molecular complexity index is 704. The lowest BCUT2D eigenvalue weighted by molar-refractivity contribution is -0.124. The highest BCUT2D eigenvalue weighted by Gasteiger charge is 2.27. The number of nitrogens with one attached hydrogen (secondary N) is 1. The maximum absolute atomic E-state index is 11.5. The van der Waals surface area contributed by atoms with Crippen molar-refractivity contribution in [3.05, 3.63) is 35.6 Å². The maximum atomic E-state index is 11.5. The number of thioether (sulfide) groups is 1. The largest absolute Gasteiger partial charge is 0.329 e. The summed E-state index contributed by atoms with van der Waals surface area (Å²) in [6, 6.07) is 7.00. The Morgan fingerprint density at radius 3 is 2.95 bits per heavy atom. The first-order chi connectivity index (χ1) is 10.6. The van der Waals surface area contributed by atoms with Crippen LogP contribution >= 0.6 is 23.4 Å². The van der Waals surface area contributed by atoms with Crippen LogP contribution in [0.15, 0.2) is 35.7 Å². The van der Waals surface area contributed by atoms with Gasteiger partial charge in [0.1, 0.15) is 6.33 Å². The zero-order valence-corrected chi connectivity index (χ0v) is 13.0. The van der Waals surface area contributed by atoms with Crippen molar-refractivity contribution >= 4 is 35.3 Å². The molecule has 9 heteroatoms. The first-order valence-corrected chi connectivity index (χ1v) is 7.88. The molecule has 3 amide bonds. The van der Waals surface area contributed by atoms with Gasteiger partial charge in [-0.1, -0.05) is 29.4 Å². The van der Waals surface area contributed by atoms with Gasteiger partial charge in [0.2, 0.25) is 5.91 Å². The highest BCUT2D eigenvalue weighted by Crippen LogP contribution is 2.21. The van der Waals surface area contributed by atoms with Gasteiger partial charge in [-0.05, 0) is 18.2 Å². The zero-order chi connectivity index (χ0) is 15.5. The second-order valence-electron chi connectivity index (χ2n) is 4.52. The van der Waals surface area contributed by atoms with Gasteiger partial charge in [0.05, 0.1) is 12.2 Å². The van der Waals surface area contributed by atoms with Crippen LogP contribution in [0.2, 0.25) is 5.02 Å².